The van der Waals surface area contributed by atoms with Crippen molar-refractivity contribution in [2.75, 3.05) is 42.1 Å². The summed E-state index contributed by atoms with van der Waals surface area (Å²) < 4.78 is 14.2. The average Bonchev–Trinajstić information content (AvgIpc) is 2.55. The number of nitrogen functional groups attached to an aromatic ring is 1. The van der Waals surface area contributed by atoms with Crippen LogP contribution in [0, 0.1) is 5.95 Å². The van der Waals surface area contributed by atoms with E-state index < -0.39 is 5.95 Å². The van der Waals surface area contributed by atoms with Crippen LogP contribution in [0.15, 0.2) is 30.5 Å². The van der Waals surface area contributed by atoms with E-state index in [2.05, 4.69) is 20.2 Å². The first-order chi connectivity index (χ1) is 12.0. The molecule has 0 unspecified atom stereocenters. The summed E-state index contributed by atoms with van der Waals surface area (Å²) in [5.41, 5.74) is 7.29. The Kier molecular flexibility index (Phi) is 5.08. The molecule has 1 aliphatic rings. The van der Waals surface area contributed by atoms with Crippen LogP contribution in [0.3, 0.4) is 0 Å². The molecular formula is C17H21FN6O. The molecule has 0 saturated carbocycles. The lowest BCUT2D eigenvalue weighted by molar-refractivity contribution is -0.114. The quantitative estimate of drug-likeness (QED) is 0.817. The van der Waals surface area contributed by atoms with Gasteiger partial charge < -0.3 is 16.0 Å². The minimum absolute atomic E-state index is 0.225. The Labute approximate surface area is 145 Å². The summed E-state index contributed by atoms with van der Waals surface area (Å²) in [6.07, 6.45) is 1.71. The number of carbonyl (C=O) groups is 1. The number of rotatable bonds is 4. The molecule has 3 heterocycles. The van der Waals surface area contributed by atoms with Gasteiger partial charge in [-0.15, -0.1) is 0 Å². The Balaban J connectivity index is 1.59. The van der Waals surface area contributed by atoms with Gasteiger partial charge in [0.15, 0.2) is 0 Å². The van der Waals surface area contributed by atoms with Gasteiger partial charge in [-0.3, -0.25) is 9.69 Å². The number of halogens is 1. The Morgan fingerprint density at radius 1 is 1.28 bits per heavy atom. The van der Waals surface area contributed by atoms with E-state index in [-0.39, 0.29) is 11.7 Å². The number of nitrogens with one attached hydrogen (secondary N) is 1. The number of hydrogen-bond donors (Lipinski definition) is 2. The highest BCUT2D eigenvalue weighted by atomic mass is 19.1. The van der Waals surface area contributed by atoms with Crippen LogP contribution in [0.5, 0.6) is 0 Å². The van der Waals surface area contributed by atoms with E-state index in [1.54, 1.807) is 18.3 Å². The second-order valence-corrected chi connectivity index (χ2v) is 6.04. The molecule has 1 aliphatic heterocycles. The summed E-state index contributed by atoms with van der Waals surface area (Å²) in [5, 5.41) is 2.48. The van der Waals surface area contributed by atoms with Crippen molar-refractivity contribution >= 4 is 23.2 Å². The predicted molar refractivity (Wildman–Crippen MR) is 94.6 cm³/mol. The van der Waals surface area contributed by atoms with E-state index in [1.807, 2.05) is 17.0 Å². The molecule has 0 bridgehead atoms. The first-order valence-corrected chi connectivity index (χ1v) is 8.13. The van der Waals surface area contributed by atoms with Gasteiger partial charge in [0, 0.05) is 45.8 Å². The van der Waals surface area contributed by atoms with Gasteiger partial charge in [-0.05, 0) is 29.8 Å². The molecule has 0 aromatic carbocycles. The molecule has 3 rings (SSSR count). The molecular weight excluding hydrogens is 323 g/mol. The Bertz CT molecular complexity index is 761. The topological polar surface area (TPSA) is 87.4 Å². The average molecular weight is 344 g/mol. The summed E-state index contributed by atoms with van der Waals surface area (Å²) in [5.74, 6) is -0.0992. The second-order valence-electron chi connectivity index (χ2n) is 6.04. The summed E-state index contributed by atoms with van der Waals surface area (Å²) in [7, 11) is 0. The highest BCUT2D eigenvalue weighted by molar-refractivity contribution is 5.87. The number of nitrogens with zero attached hydrogens (tertiary/aromatic N) is 4. The number of hydrogen-bond acceptors (Lipinski definition) is 6. The molecule has 1 fully saturated rings. The SMILES string of the molecule is CC(=O)Nc1ccc(N2CCN(Cc3ccnc(N)c3)CC2)c(F)n1. The van der Waals surface area contributed by atoms with Gasteiger partial charge in [0.1, 0.15) is 11.6 Å². The third-order valence-electron chi connectivity index (χ3n) is 4.10. The van der Waals surface area contributed by atoms with Crippen LogP contribution in [-0.4, -0.2) is 47.0 Å². The molecule has 1 saturated heterocycles. The Morgan fingerprint density at radius 3 is 2.68 bits per heavy atom. The van der Waals surface area contributed by atoms with Gasteiger partial charge in [-0.1, -0.05) is 0 Å². The molecule has 2 aromatic heterocycles. The summed E-state index contributed by atoms with van der Waals surface area (Å²) in [4.78, 5) is 23.1. The van der Waals surface area contributed by atoms with E-state index in [9.17, 15) is 9.18 Å². The molecule has 7 nitrogen and oxygen atoms in total. The maximum Gasteiger partial charge on any atom is 0.238 e. The number of nitrogens with two attached hydrogens (primary N) is 1. The number of anilines is 3. The molecule has 0 radical (unpaired) electrons. The van der Waals surface area contributed by atoms with Crippen LogP contribution in [0.4, 0.5) is 21.7 Å². The van der Waals surface area contributed by atoms with Gasteiger partial charge in [-0.25, -0.2) is 9.97 Å². The Morgan fingerprint density at radius 2 is 2.04 bits per heavy atom. The van der Waals surface area contributed by atoms with Gasteiger partial charge >= 0.3 is 0 Å². The molecule has 25 heavy (non-hydrogen) atoms. The second kappa shape index (κ2) is 7.43. The van der Waals surface area contributed by atoms with Crippen LogP contribution < -0.4 is 16.0 Å². The fourth-order valence-corrected chi connectivity index (χ4v) is 2.91. The first kappa shape index (κ1) is 17.1. The van der Waals surface area contributed by atoms with Gasteiger partial charge in [-0.2, -0.15) is 4.39 Å². The third kappa shape index (κ3) is 4.42. The zero-order chi connectivity index (χ0) is 17.8. The van der Waals surface area contributed by atoms with Crippen molar-refractivity contribution in [1.29, 1.82) is 0 Å². The lowest BCUT2D eigenvalue weighted by atomic mass is 10.2. The van der Waals surface area contributed by atoms with Gasteiger partial charge in [0.25, 0.3) is 0 Å². The van der Waals surface area contributed by atoms with E-state index in [1.165, 1.54) is 6.92 Å². The van der Waals surface area contributed by atoms with Gasteiger partial charge in [0.2, 0.25) is 11.9 Å². The van der Waals surface area contributed by atoms with Crippen LogP contribution in [0.1, 0.15) is 12.5 Å². The molecule has 0 atom stereocenters. The van der Waals surface area contributed by atoms with E-state index >= 15 is 0 Å². The van der Waals surface area contributed by atoms with Crippen molar-refractivity contribution in [3.63, 3.8) is 0 Å². The highest BCUT2D eigenvalue weighted by Gasteiger charge is 2.20. The van der Waals surface area contributed by atoms with Crippen LogP contribution in [0.2, 0.25) is 0 Å². The maximum absolute atomic E-state index is 14.2. The Hall–Kier alpha value is -2.74. The zero-order valence-corrected chi connectivity index (χ0v) is 14.1. The zero-order valence-electron chi connectivity index (χ0n) is 14.1. The van der Waals surface area contributed by atoms with Crippen LogP contribution >= 0.6 is 0 Å². The van der Waals surface area contributed by atoms with Crippen molar-refractivity contribution in [1.82, 2.24) is 14.9 Å². The van der Waals surface area contributed by atoms with Crippen molar-refractivity contribution in [3.8, 4) is 0 Å². The van der Waals surface area contributed by atoms with Crippen molar-refractivity contribution in [2.45, 2.75) is 13.5 Å². The minimum atomic E-state index is -0.568. The number of pyridine rings is 2. The van der Waals surface area contributed by atoms with Crippen LogP contribution in [-0.2, 0) is 11.3 Å². The van der Waals surface area contributed by atoms with E-state index in [0.29, 0.717) is 24.6 Å². The fraction of sp³-hybridized carbons (Fsp3) is 0.353. The summed E-state index contributed by atoms with van der Waals surface area (Å²) in [6, 6.07) is 7.10. The van der Waals surface area contributed by atoms with Crippen molar-refractivity contribution in [2.24, 2.45) is 0 Å². The molecule has 132 valence electrons. The number of piperazine rings is 1. The third-order valence-corrected chi connectivity index (χ3v) is 4.10. The molecule has 8 heteroatoms. The maximum atomic E-state index is 14.2. The molecule has 0 aliphatic carbocycles. The highest BCUT2D eigenvalue weighted by Crippen LogP contribution is 2.22. The van der Waals surface area contributed by atoms with Gasteiger partial charge in [0.05, 0.1) is 5.69 Å². The van der Waals surface area contributed by atoms with E-state index in [4.69, 9.17) is 5.73 Å². The lowest BCUT2D eigenvalue weighted by Gasteiger charge is -2.36. The summed E-state index contributed by atoms with van der Waals surface area (Å²) in [6.45, 7) is 5.20. The molecule has 1 amide bonds. The summed E-state index contributed by atoms with van der Waals surface area (Å²) >= 11 is 0. The molecule has 2 aromatic rings. The largest absolute Gasteiger partial charge is 0.384 e. The molecule has 3 N–H and O–H groups in total. The minimum Gasteiger partial charge on any atom is -0.384 e. The van der Waals surface area contributed by atoms with E-state index in [0.717, 1.165) is 25.2 Å². The number of aromatic nitrogens is 2. The van der Waals surface area contributed by atoms with Crippen molar-refractivity contribution < 1.29 is 9.18 Å². The van der Waals surface area contributed by atoms with Crippen molar-refractivity contribution in [3.05, 3.63) is 42.0 Å². The lowest BCUT2D eigenvalue weighted by Crippen LogP contribution is -2.46. The monoisotopic (exact) mass is 344 g/mol. The standard InChI is InChI=1S/C17H21FN6O/c1-12(25)21-16-3-2-14(17(18)22-16)24-8-6-23(7-9-24)11-13-4-5-20-15(19)10-13/h2-5,10H,6-9,11H2,1H3,(H2,19,20)(H,21,22,25). The smallest absolute Gasteiger partial charge is 0.238 e. The number of carbonyl (C=O) groups excluding carboxylic acids is 1. The fourth-order valence-electron chi connectivity index (χ4n) is 2.91. The molecule has 0 spiro atoms. The number of amides is 1. The predicted octanol–water partition coefficient (Wildman–Crippen LogP) is 1.48. The first-order valence-electron chi connectivity index (χ1n) is 8.13. The normalized spacial score (nSPS) is 15.2. The van der Waals surface area contributed by atoms with Crippen LogP contribution in [0.25, 0.3) is 0 Å².